The first-order valence-electron chi connectivity index (χ1n) is 4.81. The Labute approximate surface area is 97.1 Å². The third-order valence-corrected chi connectivity index (χ3v) is 4.07. The van der Waals surface area contributed by atoms with E-state index in [0.29, 0.717) is 19.4 Å². The van der Waals surface area contributed by atoms with Crippen LogP contribution in [0.3, 0.4) is 0 Å². The van der Waals surface area contributed by atoms with Gasteiger partial charge in [0, 0.05) is 11.4 Å². The van der Waals surface area contributed by atoms with E-state index in [1.165, 1.54) is 11.3 Å². The Hall–Kier alpha value is -0.580. The lowest BCUT2D eigenvalue weighted by molar-refractivity contribution is -0.147. The highest BCUT2D eigenvalue weighted by atomic mass is 35.5. The normalized spacial score (nSPS) is 25.7. The van der Waals surface area contributed by atoms with Gasteiger partial charge in [0.25, 0.3) is 0 Å². The summed E-state index contributed by atoms with van der Waals surface area (Å²) in [6.45, 7) is 1.34. The molecular formula is C10H12ClNO2S. The molecule has 0 bridgehead atoms. The van der Waals surface area contributed by atoms with E-state index in [0.717, 1.165) is 15.8 Å². The van der Waals surface area contributed by atoms with Crippen LogP contribution < -0.4 is 5.32 Å². The number of halogens is 1. The first-order valence-corrected chi connectivity index (χ1v) is 6.00. The molecule has 0 aromatic carbocycles. The van der Waals surface area contributed by atoms with Crippen LogP contribution in [0.25, 0.3) is 0 Å². The molecule has 1 unspecified atom stereocenters. The molecule has 2 heterocycles. The Morgan fingerprint density at radius 3 is 2.93 bits per heavy atom. The lowest BCUT2D eigenvalue weighted by Crippen LogP contribution is -2.35. The zero-order chi connectivity index (χ0) is 10.9. The van der Waals surface area contributed by atoms with Gasteiger partial charge in [-0.15, -0.1) is 11.3 Å². The fourth-order valence-electron chi connectivity index (χ4n) is 1.93. The second-order valence-corrected chi connectivity index (χ2v) is 5.69. The number of thiophene rings is 1. The summed E-state index contributed by atoms with van der Waals surface area (Å²) in [6.07, 6.45) is 1.27. The first-order chi connectivity index (χ1) is 7.12. The lowest BCUT2D eigenvalue weighted by Gasteiger charge is -2.21. The minimum atomic E-state index is -0.711. The first kappa shape index (κ1) is 10.9. The van der Waals surface area contributed by atoms with Gasteiger partial charge in [0.15, 0.2) is 0 Å². The van der Waals surface area contributed by atoms with Crippen LogP contribution in [-0.2, 0) is 11.2 Å². The lowest BCUT2D eigenvalue weighted by atomic mass is 9.83. The second-order valence-electron chi connectivity index (χ2n) is 3.89. The summed E-state index contributed by atoms with van der Waals surface area (Å²) in [5, 5.41) is 12.4. The van der Waals surface area contributed by atoms with Crippen molar-refractivity contribution < 1.29 is 9.90 Å². The summed E-state index contributed by atoms with van der Waals surface area (Å²) < 4.78 is 0.719. The molecule has 1 aromatic heterocycles. The van der Waals surface area contributed by atoms with Gasteiger partial charge in [0.2, 0.25) is 0 Å². The van der Waals surface area contributed by atoms with E-state index >= 15 is 0 Å². The van der Waals surface area contributed by atoms with E-state index in [1.807, 2.05) is 12.1 Å². The molecule has 15 heavy (non-hydrogen) atoms. The van der Waals surface area contributed by atoms with Crippen LogP contribution in [0.15, 0.2) is 12.1 Å². The number of carbonyl (C=O) groups is 1. The maximum absolute atomic E-state index is 11.3. The van der Waals surface area contributed by atoms with Crippen molar-refractivity contribution in [3.8, 4) is 0 Å². The summed E-state index contributed by atoms with van der Waals surface area (Å²) in [6, 6.07) is 3.73. The van der Waals surface area contributed by atoms with Gasteiger partial charge >= 0.3 is 5.97 Å². The second kappa shape index (κ2) is 4.12. The Morgan fingerprint density at radius 1 is 1.67 bits per heavy atom. The van der Waals surface area contributed by atoms with Crippen LogP contribution in [0.2, 0.25) is 4.34 Å². The molecule has 1 aromatic rings. The molecule has 1 atom stereocenters. The number of hydrogen-bond donors (Lipinski definition) is 2. The predicted octanol–water partition coefficient (Wildman–Crippen LogP) is 2.01. The van der Waals surface area contributed by atoms with Crippen molar-refractivity contribution in [2.45, 2.75) is 12.8 Å². The van der Waals surface area contributed by atoms with Crippen LogP contribution in [0.1, 0.15) is 11.3 Å². The van der Waals surface area contributed by atoms with Crippen LogP contribution in [-0.4, -0.2) is 24.2 Å². The minimum Gasteiger partial charge on any atom is -0.481 e. The Balaban J connectivity index is 2.17. The standard InChI is InChI=1S/C10H12ClNO2S/c11-8-2-1-7(15-8)5-10(9(13)14)3-4-12-6-10/h1-2,12H,3-6H2,(H,13,14). The molecule has 1 fully saturated rings. The number of nitrogens with one attached hydrogen (secondary N) is 1. The van der Waals surface area contributed by atoms with Crippen molar-refractivity contribution in [1.82, 2.24) is 5.32 Å². The summed E-state index contributed by atoms with van der Waals surface area (Å²) in [7, 11) is 0. The van der Waals surface area contributed by atoms with Crippen molar-refractivity contribution in [3.63, 3.8) is 0 Å². The topological polar surface area (TPSA) is 49.3 Å². The number of rotatable bonds is 3. The van der Waals surface area contributed by atoms with Crippen molar-refractivity contribution in [2.24, 2.45) is 5.41 Å². The third kappa shape index (κ3) is 2.17. The van der Waals surface area contributed by atoms with Gasteiger partial charge in [-0.2, -0.15) is 0 Å². The van der Waals surface area contributed by atoms with Gasteiger partial charge < -0.3 is 10.4 Å². The molecule has 82 valence electrons. The highest BCUT2D eigenvalue weighted by Crippen LogP contribution is 2.33. The largest absolute Gasteiger partial charge is 0.481 e. The quantitative estimate of drug-likeness (QED) is 0.857. The maximum atomic E-state index is 11.3. The molecule has 0 aliphatic carbocycles. The number of hydrogen-bond acceptors (Lipinski definition) is 3. The van der Waals surface area contributed by atoms with Crippen molar-refractivity contribution in [1.29, 1.82) is 0 Å². The molecule has 0 amide bonds. The van der Waals surface area contributed by atoms with Crippen LogP contribution in [0.5, 0.6) is 0 Å². The van der Waals surface area contributed by atoms with Crippen LogP contribution in [0, 0.1) is 5.41 Å². The van der Waals surface area contributed by atoms with Crippen molar-refractivity contribution in [3.05, 3.63) is 21.3 Å². The average Bonchev–Trinajstić information content (AvgIpc) is 2.77. The van der Waals surface area contributed by atoms with Gasteiger partial charge in [-0.05, 0) is 31.5 Å². The van der Waals surface area contributed by atoms with Gasteiger partial charge in [-0.3, -0.25) is 4.79 Å². The maximum Gasteiger partial charge on any atom is 0.311 e. The van der Waals surface area contributed by atoms with Crippen LogP contribution in [0.4, 0.5) is 0 Å². The Kier molecular flexibility index (Phi) is 3.00. The van der Waals surface area contributed by atoms with E-state index in [9.17, 15) is 9.90 Å². The van der Waals surface area contributed by atoms with Crippen molar-refractivity contribution >= 4 is 28.9 Å². The highest BCUT2D eigenvalue weighted by molar-refractivity contribution is 7.16. The van der Waals surface area contributed by atoms with Crippen molar-refractivity contribution in [2.75, 3.05) is 13.1 Å². The van der Waals surface area contributed by atoms with Gasteiger partial charge in [0.1, 0.15) is 0 Å². The van der Waals surface area contributed by atoms with E-state index in [-0.39, 0.29) is 0 Å². The fourth-order valence-corrected chi connectivity index (χ4v) is 3.16. The zero-order valence-electron chi connectivity index (χ0n) is 8.12. The van der Waals surface area contributed by atoms with E-state index < -0.39 is 11.4 Å². The average molecular weight is 246 g/mol. The minimum absolute atomic E-state index is 0.553. The predicted molar refractivity (Wildman–Crippen MR) is 60.6 cm³/mol. The molecular weight excluding hydrogens is 234 g/mol. The van der Waals surface area contributed by atoms with E-state index in [1.54, 1.807) is 0 Å². The van der Waals surface area contributed by atoms with Crippen LogP contribution >= 0.6 is 22.9 Å². The van der Waals surface area contributed by atoms with E-state index in [4.69, 9.17) is 11.6 Å². The highest BCUT2D eigenvalue weighted by Gasteiger charge is 2.41. The summed E-state index contributed by atoms with van der Waals surface area (Å²) in [4.78, 5) is 12.3. The summed E-state index contributed by atoms with van der Waals surface area (Å²) in [5.74, 6) is -0.711. The fraction of sp³-hybridized carbons (Fsp3) is 0.500. The molecule has 1 aliphatic heterocycles. The third-order valence-electron chi connectivity index (χ3n) is 2.84. The molecule has 3 nitrogen and oxygen atoms in total. The molecule has 0 radical (unpaired) electrons. The van der Waals surface area contributed by atoms with Gasteiger partial charge in [-0.1, -0.05) is 11.6 Å². The monoisotopic (exact) mass is 245 g/mol. The Morgan fingerprint density at radius 2 is 2.47 bits per heavy atom. The van der Waals surface area contributed by atoms with Gasteiger partial charge in [0.05, 0.1) is 9.75 Å². The number of aliphatic carboxylic acids is 1. The molecule has 2 rings (SSSR count). The molecule has 2 N–H and O–H groups in total. The smallest absolute Gasteiger partial charge is 0.311 e. The molecule has 0 spiro atoms. The summed E-state index contributed by atoms with van der Waals surface area (Å²) >= 11 is 7.29. The number of carboxylic acid groups (broad SMARTS) is 1. The van der Waals surface area contributed by atoms with E-state index in [2.05, 4.69) is 5.32 Å². The molecule has 1 aliphatic rings. The molecule has 5 heteroatoms. The molecule has 0 saturated carbocycles. The Bertz CT molecular complexity index is 371. The van der Waals surface area contributed by atoms with Gasteiger partial charge in [-0.25, -0.2) is 0 Å². The number of carboxylic acids is 1. The zero-order valence-corrected chi connectivity index (χ0v) is 9.70. The molecule has 1 saturated heterocycles. The SMILES string of the molecule is O=C(O)C1(Cc2ccc(Cl)s2)CCNC1. The summed E-state index contributed by atoms with van der Waals surface area (Å²) in [5.41, 5.74) is -0.631.